The molecule has 0 heterocycles. The highest BCUT2D eigenvalue weighted by molar-refractivity contribution is 9.11. The minimum atomic E-state index is -1.09. The van der Waals surface area contributed by atoms with Gasteiger partial charge in [0.1, 0.15) is 0 Å². The fraction of sp³-hybridized carbons (Fsp3) is 0.0455. The van der Waals surface area contributed by atoms with Crippen LogP contribution in [-0.4, -0.2) is 22.6 Å². The Morgan fingerprint density at radius 1 is 0.786 bits per heavy atom. The molecule has 3 rings (SSSR count). The molecule has 28 heavy (non-hydrogen) atoms. The predicted molar refractivity (Wildman–Crippen MR) is 113 cm³/mol. The van der Waals surface area contributed by atoms with Gasteiger partial charge >= 0.3 is 5.97 Å². The molecule has 0 radical (unpaired) electrons. The summed E-state index contributed by atoms with van der Waals surface area (Å²) in [5, 5.41) is 9.36. The lowest BCUT2D eigenvalue weighted by atomic mass is 9.92. The van der Waals surface area contributed by atoms with Crippen LogP contribution in [0.25, 0.3) is 0 Å². The first-order valence-corrected chi connectivity index (χ1v) is 9.91. The third-order valence-corrected chi connectivity index (χ3v) is 5.69. The van der Waals surface area contributed by atoms with Gasteiger partial charge in [0.2, 0.25) is 0 Å². The van der Waals surface area contributed by atoms with Gasteiger partial charge in [-0.2, -0.15) is 0 Å². The lowest BCUT2D eigenvalue weighted by Gasteiger charge is -2.15. The summed E-state index contributed by atoms with van der Waals surface area (Å²) in [5.41, 5.74) is 1.69. The van der Waals surface area contributed by atoms with Crippen LogP contribution in [-0.2, 0) is 11.2 Å². The van der Waals surface area contributed by atoms with Crippen molar-refractivity contribution in [3.63, 3.8) is 0 Å². The number of carbonyl (C=O) groups is 3. The zero-order valence-corrected chi connectivity index (χ0v) is 17.7. The van der Waals surface area contributed by atoms with E-state index in [9.17, 15) is 19.5 Å². The molecule has 4 nitrogen and oxygen atoms in total. The average molecular weight is 502 g/mol. The molecule has 0 aliphatic rings. The van der Waals surface area contributed by atoms with Crippen LogP contribution in [0.15, 0.2) is 75.7 Å². The molecule has 0 saturated carbocycles. The van der Waals surface area contributed by atoms with Crippen molar-refractivity contribution in [2.24, 2.45) is 0 Å². The summed E-state index contributed by atoms with van der Waals surface area (Å²) in [6.45, 7) is 0. The maximum Gasteiger partial charge on any atom is 0.307 e. The van der Waals surface area contributed by atoms with Gasteiger partial charge in [-0.3, -0.25) is 14.4 Å². The van der Waals surface area contributed by atoms with Crippen molar-refractivity contribution in [3.8, 4) is 0 Å². The molecule has 140 valence electrons. The Hall–Kier alpha value is -2.57. The number of benzene rings is 3. The molecule has 0 atom stereocenters. The van der Waals surface area contributed by atoms with Gasteiger partial charge in [0.05, 0.1) is 12.0 Å². The molecule has 0 aromatic heterocycles. The highest BCUT2D eigenvalue weighted by Gasteiger charge is 2.25. The minimum absolute atomic E-state index is 0.233. The van der Waals surface area contributed by atoms with Crippen molar-refractivity contribution >= 4 is 49.4 Å². The van der Waals surface area contributed by atoms with Crippen LogP contribution < -0.4 is 0 Å². The van der Waals surface area contributed by atoms with E-state index in [1.807, 2.05) is 0 Å². The van der Waals surface area contributed by atoms with E-state index < -0.39 is 12.4 Å². The summed E-state index contributed by atoms with van der Waals surface area (Å²) in [6.07, 6.45) is -0.392. The number of carbonyl (C=O) groups excluding carboxylic acids is 2. The second-order valence-electron chi connectivity index (χ2n) is 6.03. The Bertz CT molecular complexity index is 1060. The second kappa shape index (κ2) is 8.63. The van der Waals surface area contributed by atoms with Crippen molar-refractivity contribution in [1.29, 1.82) is 0 Å². The third kappa shape index (κ3) is 4.13. The second-order valence-corrected chi connectivity index (χ2v) is 7.68. The van der Waals surface area contributed by atoms with Gasteiger partial charge in [-0.1, -0.05) is 60.7 Å². The molecular weight excluding hydrogens is 488 g/mol. The van der Waals surface area contributed by atoms with Crippen LogP contribution in [0.5, 0.6) is 0 Å². The van der Waals surface area contributed by atoms with Gasteiger partial charge in [0.15, 0.2) is 11.6 Å². The molecule has 6 heteroatoms. The van der Waals surface area contributed by atoms with Crippen LogP contribution in [0.2, 0.25) is 0 Å². The van der Waals surface area contributed by atoms with E-state index in [2.05, 4.69) is 31.9 Å². The molecule has 0 fully saturated rings. The molecular formula is C22H14Br2O4. The van der Waals surface area contributed by atoms with Crippen molar-refractivity contribution in [3.05, 3.63) is 103 Å². The molecule has 0 bridgehead atoms. The molecule has 0 aliphatic carbocycles. The normalized spacial score (nSPS) is 10.5. The highest BCUT2D eigenvalue weighted by Crippen LogP contribution is 2.35. The topological polar surface area (TPSA) is 71.4 Å². The van der Waals surface area contributed by atoms with Gasteiger partial charge in [0, 0.05) is 25.6 Å². The number of hydrogen-bond acceptors (Lipinski definition) is 3. The Balaban J connectivity index is 2.19. The van der Waals surface area contributed by atoms with E-state index in [-0.39, 0.29) is 28.3 Å². The highest BCUT2D eigenvalue weighted by atomic mass is 79.9. The summed E-state index contributed by atoms with van der Waals surface area (Å²) >= 11 is 6.77. The Morgan fingerprint density at radius 3 is 1.79 bits per heavy atom. The van der Waals surface area contributed by atoms with Gasteiger partial charge in [-0.05, 0) is 43.5 Å². The molecule has 0 aliphatic heterocycles. The number of hydrogen-bond donors (Lipinski definition) is 1. The first-order valence-electron chi connectivity index (χ1n) is 8.32. The zero-order valence-electron chi connectivity index (χ0n) is 14.5. The number of halogens is 2. The molecule has 3 aromatic rings. The van der Waals surface area contributed by atoms with Crippen LogP contribution in [0.4, 0.5) is 0 Å². The molecule has 0 spiro atoms. The van der Waals surface area contributed by atoms with E-state index in [1.165, 1.54) is 6.07 Å². The number of carboxylic acid groups (broad SMARTS) is 1. The van der Waals surface area contributed by atoms with E-state index in [0.29, 0.717) is 20.1 Å². The smallest absolute Gasteiger partial charge is 0.307 e. The van der Waals surface area contributed by atoms with E-state index in [1.54, 1.807) is 60.7 Å². The van der Waals surface area contributed by atoms with Crippen LogP contribution in [0.1, 0.15) is 37.4 Å². The average Bonchev–Trinajstić information content (AvgIpc) is 2.70. The summed E-state index contributed by atoms with van der Waals surface area (Å²) < 4.78 is 0.721. The zero-order chi connectivity index (χ0) is 20.3. The van der Waals surface area contributed by atoms with Crippen LogP contribution >= 0.6 is 31.9 Å². The van der Waals surface area contributed by atoms with Gasteiger partial charge in [0.25, 0.3) is 0 Å². The van der Waals surface area contributed by atoms with E-state index in [0.717, 1.165) is 0 Å². The fourth-order valence-corrected chi connectivity index (χ4v) is 4.49. The molecule has 3 aromatic carbocycles. The van der Waals surface area contributed by atoms with Gasteiger partial charge < -0.3 is 5.11 Å². The van der Waals surface area contributed by atoms with Crippen molar-refractivity contribution < 1.29 is 19.5 Å². The minimum Gasteiger partial charge on any atom is -0.481 e. The van der Waals surface area contributed by atoms with Gasteiger partial charge in [-0.25, -0.2) is 0 Å². The number of aliphatic carboxylic acids is 1. The molecule has 0 saturated heterocycles. The van der Waals surface area contributed by atoms with Crippen molar-refractivity contribution in [2.45, 2.75) is 6.42 Å². The van der Waals surface area contributed by atoms with E-state index in [4.69, 9.17) is 0 Å². The first-order chi connectivity index (χ1) is 13.4. The summed E-state index contributed by atoms with van der Waals surface area (Å²) in [5.74, 6) is -1.68. The summed E-state index contributed by atoms with van der Waals surface area (Å²) in [6, 6.07) is 18.8. The number of rotatable bonds is 6. The maximum absolute atomic E-state index is 13.0. The molecule has 0 amide bonds. The Kier molecular flexibility index (Phi) is 6.21. The first kappa shape index (κ1) is 20.2. The van der Waals surface area contributed by atoms with E-state index >= 15 is 0 Å². The lowest BCUT2D eigenvalue weighted by molar-refractivity contribution is -0.136. The number of ketones is 2. The number of carboxylic acids is 1. The van der Waals surface area contributed by atoms with Crippen LogP contribution in [0, 0.1) is 0 Å². The van der Waals surface area contributed by atoms with Crippen molar-refractivity contribution in [2.75, 3.05) is 0 Å². The SMILES string of the molecule is O=C(O)Cc1c(C(=O)c2ccccc2)cc(Br)c(C(=O)c2ccccc2)c1Br. The standard InChI is InChI=1S/C22H14Br2O4/c23-17-11-16(21(27)13-7-3-1-4-8-13)15(12-18(25)26)20(24)19(17)22(28)14-9-5-2-6-10-14/h1-11H,12H2,(H,25,26). The summed E-state index contributed by atoms with van der Waals surface area (Å²) in [4.78, 5) is 37.4. The maximum atomic E-state index is 13.0. The Morgan fingerprint density at radius 2 is 1.29 bits per heavy atom. The van der Waals surface area contributed by atoms with Gasteiger partial charge in [-0.15, -0.1) is 0 Å². The molecule has 1 N–H and O–H groups in total. The predicted octanol–water partition coefficient (Wildman–Crippen LogP) is 5.30. The summed E-state index contributed by atoms with van der Waals surface area (Å²) in [7, 11) is 0. The molecule has 0 unspecified atom stereocenters. The lowest BCUT2D eigenvalue weighted by Crippen LogP contribution is -2.14. The monoisotopic (exact) mass is 500 g/mol. The van der Waals surface area contributed by atoms with Crippen molar-refractivity contribution in [1.82, 2.24) is 0 Å². The third-order valence-electron chi connectivity index (χ3n) is 4.19. The quantitative estimate of drug-likeness (QED) is 0.465. The Labute approximate surface area is 178 Å². The fourth-order valence-electron chi connectivity index (χ4n) is 2.87. The largest absolute Gasteiger partial charge is 0.481 e. The van der Waals surface area contributed by atoms with Crippen LogP contribution in [0.3, 0.4) is 0 Å².